The minimum absolute atomic E-state index is 0.0793. The highest BCUT2D eigenvalue weighted by Gasteiger charge is 2.06. The van der Waals surface area contributed by atoms with Gasteiger partial charge in [-0.25, -0.2) is 0 Å². The topological polar surface area (TPSA) is 52.9 Å². The third-order valence-corrected chi connectivity index (χ3v) is 4.30. The van der Waals surface area contributed by atoms with Gasteiger partial charge in [0.1, 0.15) is 0 Å². The van der Waals surface area contributed by atoms with Gasteiger partial charge in [0.05, 0.1) is 28.1 Å². The Kier molecular flexibility index (Phi) is 5.88. The molecule has 0 spiro atoms. The number of thioether (sulfide) groups is 1. The molecule has 5 heteroatoms. The summed E-state index contributed by atoms with van der Waals surface area (Å²) in [6.07, 6.45) is 0. The summed E-state index contributed by atoms with van der Waals surface area (Å²) in [6, 6.07) is 15.0. The zero-order valence-corrected chi connectivity index (χ0v) is 13.7. The third kappa shape index (κ3) is 4.80. The van der Waals surface area contributed by atoms with Crippen LogP contribution in [-0.4, -0.2) is 11.7 Å². The molecule has 0 radical (unpaired) electrons. The highest BCUT2D eigenvalue weighted by atomic mass is 35.5. The van der Waals surface area contributed by atoms with Gasteiger partial charge in [-0.2, -0.15) is 5.26 Å². The molecule has 2 rings (SSSR count). The first-order valence-corrected chi connectivity index (χ1v) is 8.24. The number of benzene rings is 2. The molecule has 112 valence electrons. The number of nitrogens with zero attached hydrogens (tertiary/aromatic N) is 1. The van der Waals surface area contributed by atoms with Crippen LogP contribution in [0.3, 0.4) is 0 Å². The largest absolute Gasteiger partial charge is 0.324 e. The van der Waals surface area contributed by atoms with Gasteiger partial charge >= 0.3 is 0 Å². The van der Waals surface area contributed by atoms with E-state index in [-0.39, 0.29) is 5.91 Å². The number of aryl methyl sites for hydroxylation is 1. The van der Waals surface area contributed by atoms with Crippen LogP contribution in [0.15, 0.2) is 42.5 Å². The Bertz CT molecular complexity index is 708. The van der Waals surface area contributed by atoms with Crippen LogP contribution in [0.2, 0.25) is 5.02 Å². The first-order valence-electron chi connectivity index (χ1n) is 6.71. The molecule has 0 aromatic heterocycles. The van der Waals surface area contributed by atoms with Crippen molar-refractivity contribution in [2.45, 2.75) is 12.7 Å². The van der Waals surface area contributed by atoms with Crippen molar-refractivity contribution in [1.82, 2.24) is 0 Å². The van der Waals surface area contributed by atoms with Gasteiger partial charge in [0.25, 0.3) is 0 Å². The quantitative estimate of drug-likeness (QED) is 0.884. The summed E-state index contributed by atoms with van der Waals surface area (Å²) in [6.45, 7) is 1.95. The molecule has 0 fully saturated rings. The first-order chi connectivity index (χ1) is 10.6. The molecule has 0 saturated carbocycles. The standard InChI is InChI=1S/C17H15ClN2OS/c1-12-2-7-16(15(18)8-12)20-17(21)11-22-10-14-5-3-13(9-19)4-6-14/h2-8H,10-11H2,1H3,(H,20,21). The lowest BCUT2D eigenvalue weighted by molar-refractivity contribution is -0.113. The monoisotopic (exact) mass is 330 g/mol. The predicted molar refractivity (Wildman–Crippen MR) is 92.1 cm³/mol. The van der Waals surface area contributed by atoms with E-state index in [9.17, 15) is 4.79 Å². The molecule has 1 N–H and O–H groups in total. The van der Waals surface area contributed by atoms with Crippen molar-refractivity contribution in [3.8, 4) is 6.07 Å². The number of anilines is 1. The van der Waals surface area contributed by atoms with Crippen LogP contribution in [0.5, 0.6) is 0 Å². The molecule has 0 aliphatic rings. The summed E-state index contributed by atoms with van der Waals surface area (Å²) in [5.41, 5.74) is 3.42. The number of nitrogens with one attached hydrogen (secondary N) is 1. The summed E-state index contributed by atoms with van der Waals surface area (Å²) in [5.74, 6) is 0.995. The Labute approximate surface area is 139 Å². The van der Waals surface area contributed by atoms with Crippen LogP contribution < -0.4 is 5.32 Å². The van der Waals surface area contributed by atoms with Crippen LogP contribution in [0.25, 0.3) is 0 Å². The summed E-state index contributed by atoms with van der Waals surface area (Å²) in [7, 11) is 0. The molecule has 0 bridgehead atoms. The third-order valence-electron chi connectivity index (χ3n) is 2.98. The van der Waals surface area contributed by atoms with Crippen molar-refractivity contribution in [3.05, 3.63) is 64.2 Å². The van der Waals surface area contributed by atoms with E-state index in [1.165, 1.54) is 11.8 Å². The molecule has 0 aliphatic carbocycles. The van der Waals surface area contributed by atoms with Gasteiger partial charge in [0.15, 0.2) is 0 Å². The van der Waals surface area contributed by atoms with Gasteiger partial charge in [-0.1, -0.05) is 29.8 Å². The molecule has 0 aliphatic heterocycles. The van der Waals surface area contributed by atoms with Crippen molar-refractivity contribution >= 4 is 35.0 Å². The lowest BCUT2D eigenvalue weighted by Crippen LogP contribution is -2.14. The van der Waals surface area contributed by atoms with Crippen molar-refractivity contribution < 1.29 is 4.79 Å². The Balaban J connectivity index is 1.81. The highest BCUT2D eigenvalue weighted by Crippen LogP contribution is 2.23. The number of hydrogen-bond donors (Lipinski definition) is 1. The Hall–Kier alpha value is -1.96. The van der Waals surface area contributed by atoms with E-state index >= 15 is 0 Å². The van der Waals surface area contributed by atoms with E-state index in [0.717, 1.165) is 16.9 Å². The van der Waals surface area contributed by atoms with Gasteiger partial charge in [-0.15, -0.1) is 11.8 Å². The molecule has 2 aromatic rings. The summed E-state index contributed by atoms with van der Waals surface area (Å²) >= 11 is 7.60. The molecule has 3 nitrogen and oxygen atoms in total. The number of nitriles is 1. The lowest BCUT2D eigenvalue weighted by atomic mass is 10.2. The predicted octanol–water partition coefficient (Wildman–Crippen LogP) is 4.39. The van der Waals surface area contributed by atoms with Crippen molar-refractivity contribution in [1.29, 1.82) is 5.26 Å². The van der Waals surface area contributed by atoms with Gasteiger partial charge in [0, 0.05) is 5.75 Å². The van der Waals surface area contributed by atoms with Crippen LogP contribution in [0.4, 0.5) is 5.69 Å². The van der Waals surface area contributed by atoms with Crippen LogP contribution in [0, 0.1) is 18.3 Å². The van der Waals surface area contributed by atoms with E-state index in [1.54, 1.807) is 18.2 Å². The molecule has 0 saturated heterocycles. The van der Waals surface area contributed by atoms with E-state index in [2.05, 4.69) is 11.4 Å². The van der Waals surface area contributed by atoms with Gasteiger partial charge in [-0.3, -0.25) is 4.79 Å². The van der Waals surface area contributed by atoms with Gasteiger partial charge in [0.2, 0.25) is 5.91 Å². The second-order valence-corrected chi connectivity index (χ2v) is 6.23. The normalized spacial score (nSPS) is 10.0. The summed E-state index contributed by atoms with van der Waals surface area (Å²) in [4.78, 5) is 11.9. The van der Waals surface area contributed by atoms with Gasteiger partial charge in [-0.05, 0) is 42.3 Å². The zero-order valence-electron chi connectivity index (χ0n) is 12.1. The Morgan fingerprint density at radius 1 is 1.27 bits per heavy atom. The molecule has 1 amide bonds. The van der Waals surface area contributed by atoms with Crippen LogP contribution in [-0.2, 0) is 10.5 Å². The lowest BCUT2D eigenvalue weighted by Gasteiger charge is -2.08. The number of carbonyl (C=O) groups excluding carboxylic acids is 1. The van der Waals surface area contributed by atoms with Crippen LogP contribution >= 0.6 is 23.4 Å². The fraction of sp³-hybridized carbons (Fsp3) is 0.176. The van der Waals surface area contributed by atoms with Crippen molar-refractivity contribution in [3.63, 3.8) is 0 Å². The molecule has 0 atom stereocenters. The highest BCUT2D eigenvalue weighted by molar-refractivity contribution is 7.99. The second kappa shape index (κ2) is 7.88. The number of halogens is 1. The molecule has 22 heavy (non-hydrogen) atoms. The Morgan fingerprint density at radius 2 is 2.00 bits per heavy atom. The van der Waals surface area contributed by atoms with E-state index in [0.29, 0.717) is 22.0 Å². The summed E-state index contributed by atoms with van der Waals surface area (Å²) in [5, 5.41) is 12.1. The maximum Gasteiger partial charge on any atom is 0.234 e. The fourth-order valence-electron chi connectivity index (χ4n) is 1.84. The Morgan fingerprint density at radius 3 is 2.64 bits per heavy atom. The van der Waals surface area contributed by atoms with E-state index < -0.39 is 0 Å². The zero-order chi connectivity index (χ0) is 15.9. The van der Waals surface area contributed by atoms with E-state index in [1.807, 2.05) is 31.2 Å². The van der Waals surface area contributed by atoms with E-state index in [4.69, 9.17) is 16.9 Å². The van der Waals surface area contributed by atoms with Crippen molar-refractivity contribution in [2.75, 3.05) is 11.1 Å². The maximum atomic E-state index is 11.9. The molecule has 0 heterocycles. The number of carbonyl (C=O) groups is 1. The molecular formula is C17H15ClN2OS. The SMILES string of the molecule is Cc1ccc(NC(=O)CSCc2ccc(C#N)cc2)c(Cl)c1. The minimum atomic E-state index is -0.0793. The van der Waals surface area contributed by atoms with Crippen LogP contribution in [0.1, 0.15) is 16.7 Å². The fourth-order valence-corrected chi connectivity index (χ4v) is 2.92. The molecular weight excluding hydrogens is 316 g/mol. The number of hydrogen-bond acceptors (Lipinski definition) is 3. The average Bonchev–Trinajstić information content (AvgIpc) is 2.51. The minimum Gasteiger partial charge on any atom is -0.324 e. The maximum absolute atomic E-state index is 11.9. The average molecular weight is 331 g/mol. The molecule has 2 aromatic carbocycles. The van der Waals surface area contributed by atoms with Crippen molar-refractivity contribution in [2.24, 2.45) is 0 Å². The smallest absolute Gasteiger partial charge is 0.234 e. The number of amides is 1. The number of rotatable bonds is 5. The second-order valence-electron chi connectivity index (χ2n) is 4.83. The summed E-state index contributed by atoms with van der Waals surface area (Å²) < 4.78 is 0. The molecule has 0 unspecified atom stereocenters. The van der Waals surface area contributed by atoms with Gasteiger partial charge < -0.3 is 5.32 Å². The first kappa shape index (κ1) is 16.4.